The number of ether oxygens (including phenoxy) is 3. The Morgan fingerprint density at radius 1 is 0.579 bits per heavy atom. The van der Waals surface area contributed by atoms with Gasteiger partial charge in [-0.3, -0.25) is 9.59 Å². The number of methoxy groups -OCH3 is 1. The number of carbonyl (C=O) groups is 3. The molecule has 4 aromatic heterocycles. The second-order valence-electron chi connectivity index (χ2n) is 17.1. The van der Waals surface area contributed by atoms with Gasteiger partial charge >= 0.3 is 17.9 Å². The molecule has 0 bridgehead atoms. The number of benzene rings is 6. The molecule has 76 heavy (non-hydrogen) atoms. The van der Waals surface area contributed by atoms with Gasteiger partial charge in [0.2, 0.25) is 0 Å². The largest absolute Gasteiger partial charge is 0.489 e. The van der Waals surface area contributed by atoms with E-state index in [2.05, 4.69) is 6.07 Å². The second kappa shape index (κ2) is 25.0. The molecule has 13 nitrogen and oxygen atoms in total. The quantitative estimate of drug-likeness (QED) is 0.0624. The molecular weight excluding hydrogens is 999 g/mol. The maximum Gasteiger partial charge on any atom is 0.345 e. The van der Waals surface area contributed by atoms with Crippen LogP contribution in [0.25, 0.3) is 65.1 Å². The fraction of sp³-hybridized carbons (Fsp3) is 0.148. The zero-order valence-electron chi connectivity index (χ0n) is 39.8. The number of fused-ring (bicyclic) bond motifs is 2. The third-order valence-electron chi connectivity index (χ3n) is 12.1. The molecule has 0 aliphatic heterocycles. The number of rotatable bonds is 17. The average Bonchev–Trinajstić information content (AvgIpc) is 4.29. The lowest BCUT2D eigenvalue weighted by molar-refractivity contribution is -0.140. The molecule has 0 saturated heterocycles. The summed E-state index contributed by atoms with van der Waals surface area (Å²) in [6.45, 7) is 1.37. The van der Waals surface area contributed by atoms with E-state index in [1.807, 2.05) is 121 Å². The van der Waals surface area contributed by atoms with Crippen molar-refractivity contribution in [3.63, 3.8) is 0 Å². The van der Waals surface area contributed by atoms with Crippen LogP contribution in [-0.2, 0) is 53.5 Å². The minimum atomic E-state index is -0.970. The molecule has 0 radical (unpaired) electrons. The molecule has 0 atom stereocenters. The number of carbonyl (C=O) groups excluding carboxylic acids is 1. The highest BCUT2D eigenvalue weighted by molar-refractivity contribution is 7.17. The monoisotopic (exact) mass is 1050 g/mol. The van der Waals surface area contributed by atoms with E-state index < -0.39 is 11.9 Å². The van der Waals surface area contributed by atoms with Crippen molar-refractivity contribution >= 4 is 62.5 Å². The Hall–Kier alpha value is -8.78. The molecule has 0 fully saturated rings. The fourth-order valence-electron chi connectivity index (χ4n) is 8.47. The molecule has 0 spiro atoms. The van der Waals surface area contributed by atoms with E-state index in [9.17, 15) is 24.6 Å². The van der Waals surface area contributed by atoms with Crippen molar-refractivity contribution in [2.75, 3.05) is 7.11 Å². The number of carboxylic acid groups (broad SMARTS) is 2. The zero-order chi connectivity index (χ0) is 51.7. The molecule has 10 aromatic rings. The van der Waals surface area contributed by atoms with Crippen LogP contribution in [0.5, 0.6) is 11.5 Å². The number of hydrogen-bond donors (Lipinski definition) is 4. The van der Waals surface area contributed by atoms with E-state index in [0.29, 0.717) is 40.6 Å². The maximum atomic E-state index is 12.1. The van der Waals surface area contributed by atoms with Crippen LogP contribution in [-0.4, -0.2) is 35.2 Å². The van der Waals surface area contributed by atoms with Crippen LogP contribution in [0.2, 0.25) is 0 Å². The lowest BCUT2D eigenvalue weighted by Crippen LogP contribution is -2.07. The first-order chi connectivity index (χ1) is 36.0. The van der Waals surface area contributed by atoms with Gasteiger partial charge in [-0.15, -0.1) is 22.7 Å². The summed E-state index contributed by atoms with van der Waals surface area (Å²) >= 11 is 2.56. The van der Waals surface area contributed by atoms with Gasteiger partial charge in [0.1, 0.15) is 51.7 Å². The van der Waals surface area contributed by atoms with Gasteiger partial charge in [0.15, 0.2) is 0 Å². The molecular formula is C61H55N3O10S2. The smallest absolute Gasteiger partial charge is 0.345 e. The summed E-state index contributed by atoms with van der Waals surface area (Å²) in [7, 11) is 1.34. The van der Waals surface area contributed by atoms with E-state index in [1.54, 1.807) is 36.8 Å². The van der Waals surface area contributed by atoms with Crippen molar-refractivity contribution in [3.05, 3.63) is 201 Å². The van der Waals surface area contributed by atoms with E-state index in [4.69, 9.17) is 39.8 Å². The summed E-state index contributed by atoms with van der Waals surface area (Å²) in [6, 6.07) is 48.1. The maximum absolute atomic E-state index is 12.1. The average molecular weight is 1050 g/mol. The van der Waals surface area contributed by atoms with Gasteiger partial charge in [0.05, 0.1) is 32.5 Å². The van der Waals surface area contributed by atoms with Crippen molar-refractivity contribution in [1.29, 1.82) is 5.26 Å². The summed E-state index contributed by atoms with van der Waals surface area (Å²) in [6.07, 6.45) is 3.22. The van der Waals surface area contributed by atoms with Crippen molar-refractivity contribution in [2.24, 2.45) is 11.5 Å². The number of carboxylic acids is 2. The Kier molecular flexibility index (Phi) is 18.1. The molecule has 0 saturated carbocycles. The van der Waals surface area contributed by atoms with E-state index in [1.165, 1.54) is 29.8 Å². The normalized spacial score (nSPS) is 10.7. The van der Waals surface area contributed by atoms with Crippen LogP contribution in [0.1, 0.15) is 62.8 Å². The van der Waals surface area contributed by atoms with Gasteiger partial charge < -0.3 is 44.7 Å². The number of esters is 1. The Balaban J connectivity index is 0.000000216. The van der Waals surface area contributed by atoms with Crippen molar-refractivity contribution < 1.29 is 47.6 Å². The Labute approximate surface area is 447 Å². The molecule has 6 aromatic carbocycles. The number of nitrogens with two attached hydrogens (primary N) is 2. The minimum absolute atomic E-state index is 0. The standard InChI is InChI=1S/C30H25NO6S.C29H22N2O4S.2CH4/c1-35-28(32)15-21-5-6-22(26-7-8-27(38-26)30(33)34)14-25(21)37-17-19-12-23-9-10-36-29(23)24(13-19)20-4-2-3-18(11-20)16-31;30-15-18-2-1-3-20(10-18)25-12-19(11-23-8-9-34-29(23)25)17-35-26-13-22(5-4-21(26)14-28(32)33)27-7-6-24(16-31)36-27;;/h2-14H,15-17,31H2,1H3,(H,33,34);1-13H,14-15,17,30H2,(H,32,33);2*1H4. The topological polar surface area (TPSA) is 221 Å². The molecule has 0 aliphatic carbocycles. The van der Waals surface area contributed by atoms with Gasteiger partial charge in [-0.25, -0.2) is 4.79 Å². The number of aromatic carboxylic acids is 1. The van der Waals surface area contributed by atoms with Crippen LogP contribution in [0.3, 0.4) is 0 Å². The van der Waals surface area contributed by atoms with E-state index >= 15 is 0 Å². The molecule has 0 unspecified atom stereocenters. The highest BCUT2D eigenvalue weighted by atomic mass is 32.1. The van der Waals surface area contributed by atoms with Gasteiger partial charge in [-0.1, -0.05) is 75.5 Å². The fourth-order valence-corrected chi connectivity index (χ4v) is 10.1. The summed E-state index contributed by atoms with van der Waals surface area (Å²) < 4.78 is 28.9. The second-order valence-corrected chi connectivity index (χ2v) is 19.2. The molecule has 0 aliphatic rings. The predicted molar refractivity (Wildman–Crippen MR) is 299 cm³/mol. The number of furan rings is 2. The van der Waals surface area contributed by atoms with Crippen molar-refractivity contribution in [2.45, 2.75) is 54.0 Å². The van der Waals surface area contributed by atoms with Crippen LogP contribution < -0.4 is 20.9 Å². The highest BCUT2D eigenvalue weighted by Crippen LogP contribution is 2.37. The van der Waals surface area contributed by atoms with Crippen LogP contribution >= 0.6 is 22.7 Å². The van der Waals surface area contributed by atoms with E-state index in [-0.39, 0.29) is 51.8 Å². The molecule has 386 valence electrons. The van der Waals surface area contributed by atoms with Crippen LogP contribution in [0.15, 0.2) is 167 Å². The van der Waals surface area contributed by atoms with Gasteiger partial charge in [-0.05, 0) is 129 Å². The lowest BCUT2D eigenvalue weighted by Gasteiger charge is -2.14. The predicted octanol–water partition coefficient (Wildman–Crippen LogP) is 13.9. The van der Waals surface area contributed by atoms with Crippen LogP contribution in [0.4, 0.5) is 0 Å². The summed E-state index contributed by atoms with van der Waals surface area (Å²) in [5, 5.41) is 29.7. The van der Waals surface area contributed by atoms with Crippen molar-refractivity contribution in [1.82, 2.24) is 0 Å². The molecule has 0 amide bonds. The molecule has 10 rings (SSSR count). The summed E-state index contributed by atoms with van der Waals surface area (Å²) in [4.78, 5) is 37.4. The van der Waals surface area contributed by atoms with Gasteiger partial charge in [-0.2, -0.15) is 5.26 Å². The third kappa shape index (κ3) is 12.8. The number of nitriles is 1. The first kappa shape index (κ1) is 55.0. The van der Waals surface area contributed by atoms with E-state index in [0.717, 1.165) is 87.3 Å². The molecule has 6 N–H and O–H groups in total. The third-order valence-corrected chi connectivity index (χ3v) is 14.3. The molecule has 4 heterocycles. The Morgan fingerprint density at radius 3 is 1.55 bits per heavy atom. The Morgan fingerprint density at radius 2 is 1.09 bits per heavy atom. The van der Waals surface area contributed by atoms with Crippen molar-refractivity contribution in [3.8, 4) is 60.7 Å². The number of aliphatic carboxylic acids is 1. The number of hydrogen-bond acceptors (Lipinski definition) is 13. The zero-order valence-corrected chi connectivity index (χ0v) is 41.5. The SMILES string of the molecule is C.C.COC(=O)Cc1ccc(-c2ccc(C(=O)O)s2)cc1OCc1cc(-c2cccc(CN)c2)c2occc2c1.N#Cc1ccc(-c2ccc(CC(=O)O)c(OCc3cc(-c4cccc(CN)c4)c4occc4c3)c2)s1. The first-order valence-corrected chi connectivity index (χ1v) is 24.8. The number of thiophene rings is 2. The van der Waals surface area contributed by atoms with Gasteiger partial charge in [0, 0.05) is 55.9 Å². The summed E-state index contributed by atoms with van der Waals surface area (Å²) in [5.41, 5.74) is 24.0. The van der Waals surface area contributed by atoms with Gasteiger partial charge in [0.25, 0.3) is 0 Å². The van der Waals surface area contributed by atoms with Crippen LogP contribution in [0, 0.1) is 11.3 Å². The summed E-state index contributed by atoms with van der Waals surface area (Å²) in [5.74, 6) is -1.26. The first-order valence-electron chi connectivity index (χ1n) is 23.2. The minimum Gasteiger partial charge on any atom is -0.489 e. The Bertz CT molecular complexity index is 3730. The number of nitrogens with zero attached hydrogens (tertiary/aromatic N) is 1. The molecule has 15 heteroatoms. The lowest BCUT2D eigenvalue weighted by atomic mass is 9.99. The highest BCUT2D eigenvalue weighted by Gasteiger charge is 2.18.